The van der Waals surface area contributed by atoms with Crippen molar-refractivity contribution in [1.29, 1.82) is 0 Å². The predicted molar refractivity (Wildman–Crippen MR) is 119 cm³/mol. The monoisotopic (exact) mass is 538 g/mol. The number of carbonyl (C=O) groups is 1. The van der Waals surface area contributed by atoms with Crippen LogP contribution in [0.5, 0.6) is 0 Å². The highest BCUT2D eigenvalue weighted by atomic mass is 127. The molecule has 26 heavy (non-hydrogen) atoms. The maximum atomic E-state index is 11.9. The van der Waals surface area contributed by atoms with E-state index < -0.39 is 0 Å². The Balaban J connectivity index is 0.00000338. The number of aliphatic imine (C=N–C) groups is 1. The molecule has 0 aliphatic carbocycles. The number of benzene rings is 1. The van der Waals surface area contributed by atoms with Crippen molar-refractivity contribution in [2.24, 2.45) is 4.99 Å². The molecule has 1 aliphatic heterocycles. The highest BCUT2D eigenvalue weighted by Gasteiger charge is 2.17. The minimum absolute atomic E-state index is 0. The number of amides is 1. The van der Waals surface area contributed by atoms with Crippen LogP contribution in [0.4, 0.5) is 0 Å². The summed E-state index contributed by atoms with van der Waals surface area (Å²) in [7, 11) is 5.45. The van der Waals surface area contributed by atoms with E-state index in [4.69, 9.17) is 4.74 Å². The van der Waals surface area contributed by atoms with E-state index in [1.54, 1.807) is 19.0 Å². The summed E-state index contributed by atoms with van der Waals surface area (Å²) in [6.45, 7) is 2.37. The van der Waals surface area contributed by atoms with E-state index in [1.165, 1.54) is 5.56 Å². The van der Waals surface area contributed by atoms with Gasteiger partial charge < -0.3 is 19.9 Å². The molecule has 0 spiro atoms. The van der Waals surface area contributed by atoms with Crippen LogP contribution < -0.4 is 5.32 Å². The molecule has 1 aromatic rings. The normalized spacial score (nSPS) is 16.8. The summed E-state index contributed by atoms with van der Waals surface area (Å²) in [4.78, 5) is 19.9. The average molecular weight is 539 g/mol. The lowest BCUT2D eigenvalue weighted by atomic mass is 10.2. The Kier molecular flexibility index (Phi) is 10.5. The zero-order valence-electron chi connectivity index (χ0n) is 15.6. The van der Waals surface area contributed by atoms with Gasteiger partial charge in [0.1, 0.15) is 6.54 Å². The van der Waals surface area contributed by atoms with Crippen molar-refractivity contribution in [3.63, 3.8) is 0 Å². The molecule has 0 radical (unpaired) electrons. The van der Waals surface area contributed by atoms with Crippen molar-refractivity contribution in [1.82, 2.24) is 15.1 Å². The number of rotatable bonds is 6. The van der Waals surface area contributed by atoms with Gasteiger partial charge >= 0.3 is 0 Å². The van der Waals surface area contributed by atoms with Gasteiger partial charge in [-0.1, -0.05) is 28.1 Å². The number of guanidine groups is 1. The van der Waals surface area contributed by atoms with Gasteiger partial charge in [0.2, 0.25) is 5.91 Å². The summed E-state index contributed by atoms with van der Waals surface area (Å²) in [5, 5.41) is 3.36. The number of hydrogen-bond acceptors (Lipinski definition) is 3. The minimum Gasteiger partial charge on any atom is -0.376 e. The van der Waals surface area contributed by atoms with Gasteiger partial charge in [-0.3, -0.25) is 4.79 Å². The van der Waals surface area contributed by atoms with Gasteiger partial charge in [-0.05, 0) is 30.5 Å². The quantitative estimate of drug-likeness (QED) is 0.344. The van der Waals surface area contributed by atoms with Crippen LogP contribution in [0.3, 0.4) is 0 Å². The summed E-state index contributed by atoms with van der Waals surface area (Å²) in [5.41, 5.74) is 1.18. The lowest BCUT2D eigenvalue weighted by molar-refractivity contribution is -0.127. The van der Waals surface area contributed by atoms with E-state index in [0.29, 0.717) is 19.0 Å². The number of carbonyl (C=O) groups excluding carboxylic acids is 1. The Morgan fingerprint density at radius 2 is 2.00 bits per heavy atom. The van der Waals surface area contributed by atoms with Crippen LogP contribution in [-0.4, -0.2) is 68.6 Å². The molecule has 0 saturated carbocycles. The van der Waals surface area contributed by atoms with E-state index in [-0.39, 0.29) is 42.5 Å². The van der Waals surface area contributed by atoms with Crippen molar-refractivity contribution >= 4 is 51.8 Å². The second-order valence-electron chi connectivity index (χ2n) is 6.43. The highest BCUT2D eigenvalue weighted by molar-refractivity contribution is 14.0. The van der Waals surface area contributed by atoms with Crippen LogP contribution in [-0.2, 0) is 16.1 Å². The van der Waals surface area contributed by atoms with Crippen LogP contribution in [0.2, 0.25) is 0 Å². The summed E-state index contributed by atoms with van der Waals surface area (Å²) in [6, 6.07) is 8.19. The molecule has 1 N–H and O–H groups in total. The molecule has 0 aromatic heterocycles. The SMILES string of the molecule is CN(C)C(=O)CN=C(NCC1CCCO1)N(C)Cc1ccc(Br)cc1.I. The maximum absolute atomic E-state index is 11.9. The molecule has 2 rings (SSSR count). The molecule has 1 atom stereocenters. The first-order chi connectivity index (χ1) is 12.0. The Morgan fingerprint density at radius 1 is 1.31 bits per heavy atom. The molecule has 1 heterocycles. The van der Waals surface area contributed by atoms with Gasteiger partial charge in [0.05, 0.1) is 6.10 Å². The molecule has 1 aliphatic rings. The Hall–Kier alpha value is -0.870. The molecule has 8 heteroatoms. The second-order valence-corrected chi connectivity index (χ2v) is 7.34. The van der Waals surface area contributed by atoms with E-state index in [1.807, 2.05) is 24.1 Å². The number of hydrogen-bond donors (Lipinski definition) is 1. The van der Waals surface area contributed by atoms with Crippen LogP contribution in [0.25, 0.3) is 0 Å². The fourth-order valence-electron chi connectivity index (χ4n) is 2.54. The van der Waals surface area contributed by atoms with E-state index in [2.05, 4.69) is 38.4 Å². The summed E-state index contributed by atoms with van der Waals surface area (Å²) < 4.78 is 6.72. The number of likely N-dealkylation sites (N-methyl/N-ethyl adjacent to an activating group) is 1. The molecule has 6 nitrogen and oxygen atoms in total. The second kappa shape index (κ2) is 11.8. The van der Waals surface area contributed by atoms with Gasteiger partial charge in [-0.2, -0.15) is 0 Å². The van der Waals surface area contributed by atoms with Crippen LogP contribution >= 0.6 is 39.9 Å². The third-order valence-corrected chi connectivity index (χ3v) is 4.60. The first kappa shape index (κ1) is 23.2. The van der Waals surface area contributed by atoms with Gasteiger partial charge in [-0.25, -0.2) is 4.99 Å². The highest BCUT2D eigenvalue weighted by Crippen LogP contribution is 2.13. The summed E-state index contributed by atoms with van der Waals surface area (Å²) in [5.74, 6) is 0.696. The largest absolute Gasteiger partial charge is 0.376 e. The Morgan fingerprint density at radius 3 is 2.58 bits per heavy atom. The Bertz CT molecular complexity index is 589. The first-order valence-corrected chi connectivity index (χ1v) is 9.30. The average Bonchev–Trinajstić information content (AvgIpc) is 3.10. The third-order valence-electron chi connectivity index (χ3n) is 4.07. The van der Waals surface area contributed by atoms with Crippen molar-refractivity contribution in [3.05, 3.63) is 34.3 Å². The molecule has 0 bridgehead atoms. The summed E-state index contributed by atoms with van der Waals surface area (Å²) in [6.07, 6.45) is 2.39. The zero-order chi connectivity index (χ0) is 18.2. The first-order valence-electron chi connectivity index (χ1n) is 8.51. The maximum Gasteiger partial charge on any atom is 0.243 e. The van der Waals surface area contributed by atoms with E-state index >= 15 is 0 Å². The Labute approximate surface area is 181 Å². The smallest absolute Gasteiger partial charge is 0.243 e. The molecule has 1 amide bonds. The fraction of sp³-hybridized carbons (Fsp3) is 0.556. The number of halogens is 2. The van der Waals surface area contributed by atoms with Crippen molar-refractivity contribution in [2.75, 3.05) is 40.8 Å². The standard InChI is InChI=1S/C18H27BrN4O2.HI/c1-22(2)17(24)12-21-18(20-11-16-5-4-10-25-16)23(3)13-14-6-8-15(19)9-7-14;/h6-9,16H,4-5,10-13H2,1-3H3,(H,20,21);1H. The molecule has 1 saturated heterocycles. The van der Waals surface area contributed by atoms with Crippen molar-refractivity contribution in [2.45, 2.75) is 25.5 Å². The fourth-order valence-corrected chi connectivity index (χ4v) is 2.81. The lowest BCUT2D eigenvalue weighted by Crippen LogP contribution is -2.42. The van der Waals surface area contributed by atoms with Crippen molar-refractivity contribution < 1.29 is 9.53 Å². The number of nitrogens with one attached hydrogen (secondary N) is 1. The van der Waals surface area contributed by atoms with E-state index in [9.17, 15) is 4.79 Å². The summed E-state index contributed by atoms with van der Waals surface area (Å²) >= 11 is 3.45. The topological polar surface area (TPSA) is 57.2 Å². The molecular formula is C18H28BrIN4O2. The molecule has 1 unspecified atom stereocenters. The van der Waals surface area contributed by atoms with Crippen molar-refractivity contribution in [3.8, 4) is 0 Å². The molecule has 146 valence electrons. The van der Waals surface area contributed by atoms with Gasteiger partial charge in [-0.15, -0.1) is 24.0 Å². The lowest BCUT2D eigenvalue weighted by Gasteiger charge is -2.24. The third kappa shape index (κ3) is 7.79. The van der Waals surface area contributed by atoms with Crippen LogP contribution in [0.1, 0.15) is 18.4 Å². The molecule has 1 fully saturated rings. The molecular weight excluding hydrogens is 511 g/mol. The zero-order valence-corrected chi connectivity index (χ0v) is 19.5. The minimum atomic E-state index is -0.0199. The number of nitrogens with zero attached hydrogens (tertiary/aromatic N) is 3. The predicted octanol–water partition coefficient (Wildman–Crippen LogP) is 2.71. The van der Waals surface area contributed by atoms with Gasteiger partial charge in [0.25, 0.3) is 0 Å². The number of ether oxygens (including phenoxy) is 1. The van der Waals surface area contributed by atoms with E-state index in [0.717, 1.165) is 23.9 Å². The van der Waals surface area contributed by atoms with Crippen LogP contribution in [0.15, 0.2) is 33.7 Å². The van der Waals surface area contributed by atoms with Gasteiger partial charge in [0.15, 0.2) is 5.96 Å². The van der Waals surface area contributed by atoms with Crippen LogP contribution in [0, 0.1) is 0 Å². The molecule has 1 aromatic carbocycles. The van der Waals surface area contributed by atoms with Gasteiger partial charge in [0, 0.05) is 45.3 Å².